The quantitative estimate of drug-likeness (QED) is 0.791. The van der Waals surface area contributed by atoms with Gasteiger partial charge in [0.05, 0.1) is 9.80 Å². The highest BCUT2D eigenvalue weighted by atomic mass is 32.2. The SMILES string of the molecule is C=CC1=C(C=C)S(=O)(=O)c2ccccc21.CC.CC. The van der Waals surface area contributed by atoms with Gasteiger partial charge in [-0.1, -0.05) is 65.1 Å². The van der Waals surface area contributed by atoms with Gasteiger partial charge in [0.15, 0.2) is 0 Å². The number of hydrogen-bond acceptors (Lipinski definition) is 2. The minimum atomic E-state index is -3.37. The number of fused-ring (bicyclic) bond motifs is 1. The van der Waals surface area contributed by atoms with Gasteiger partial charge in [-0.2, -0.15) is 0 Å². The Morgan fingerprint density at radius 3 is 1.95 bits per heavy atom. The highest BCUT2D eigenvalue weighted by Gasteiger charge is 2.31. The maximum absolute atomic E-state index is 12.0. The normalized spacial score (nSPS) is 14.3. The molecule has 1 heterocycles. The van der Waals surface area contributed by atoms with E-state index < -0.39 is 9.84 Å². The van der Waals surface area contributed by atoms with Gasteiger partial charge in [-0.25, -0.2) is 8.42 Å². The molecule has 0 amide bonds. The predicted octanol–water partition coefficient (Wildman–Crippen LogP) is 4.61. The van der Waals surface area contributed by atoms with Crippen LogP contribution in [0.3, 0.4) is 0 Å². The van der Waals surface area contributed by atoms with E-state index >= 15 is 0 Å². The van der Waals surface area contributed by atoms with Crippen LogP contribution >= 0.6 is 0 Å². The molecule has 0 aliphatic carbocycles. The molecular formula is C16H22O2S. The van der Waals surface area contributed by atoms with Crippen molar-refractivity contribution in [3.05, 3.63) is 60.0 Å². The fourth-order valence-corrected chi connectivity index (χ4v) is 3.41. The molecule has 0 spiro atoms. The topological polar surface area (TPSA) is 34.1 Å². The van der Waals surface area contributed by atoms with Crippen molar-refractivity contribution in [2.75, 3.05) is 0 Å². The summed E-state index contributed by atoms with van der Waals surface area (Å²) in [4.78, 5) is 0.591. The van der Waals surface area contributed by atoms with Crippen molar-refractivity contribution in [2.45, 2.75) is 32.6 Å². The van der Waals surface area contributed by atoms with Crippen molar-refractivity contribution < 1.29 is 8.42 Å². The molecule has 1 aliphatic rings. The van der Waals surface area contributed by atoms with E-state index in [1.807, 2.05) is 33.8 Å². The Labute approximate surface area is 117 Å². The van der Waals surface area contributed by atoms with E-state index in [0.717, 1.165) is 0 Å². The van der Waals surface area contributed by atoms with Crippen molar-refractivity contribution in [1.82, 2.24) is 0 Å². The second-order valence-corrected chi connectivity index (χ2v) is 5.07. The van der Waals surface area contributed by atoms with Crippen molar-refractivity contribution in [1.29, 1.82) is 0 Å². The van der Waals surface area contributed by atoms with Gasteiger partial charge in [0.1, 0.15) is 0 Å². The largest absolute Gasteiger partial charge is 0.218 e. The lowest BCUT2D eigenvalue weighted by molar-refractivity contribution is 0.604. The molecule has 2 rings (SSSR count). The second-order valence-electron chi connectivity index (χ2n) is 3.19. The lowest BCUT2D eigenvalue weighted by atomic mass is 10.1. The van der Waals surface area contributed by atoms with Gasteiger partial charge < -0.3 is 0 Å². The predicted molar refractivity (Wildman–Crippen MR) is 83.6 cm³/mol. The Bertz CT molecular complexity index is 579. The Morgan fingerprint density at radius 2 is 1.47 bits per heavy atom. The maximum atomic E-state index is 12.0. The summed E-state index contributed by atoms with van der Waals surface area (Å²) in [7, 11) is -3.37. The summed E-state index contributed by atoms with van der Waals surface area (Å²) in [5.41, 5.74) is 1.35. The third-order valence-corrected chi connectivity index (χ3v) is 4.31. The standard InChI is InChI=1S/C12H10O2S.2C2H6/c1-3-9-10-7-5-6-8-12(10)15(13,14)11(9)4-2;2*1-2/h3-8H,1-2H2;2*1-2H3. The molecule has 104 valence electrons. The molecule has 0 unspecified atom stereocenters. The molecule has 0 atom stereocenters. The zero-order chi connectivity index (χ0) is 15.1. The molecule has 1 aliphatic heterocycles. The van der Waals surface area contributed by atoms with Gasteiger partial charge in [-0.15, -0.1) is 0 Å². The van der Waals surface area contributed by atoms with E-state index in [4.69, 9.17) is 0 Å². The minimum Gasteiger partial charge on any atom is -0.218 e. The minimum absolute atomic E-state index is 0.249. The Balaban J connectivity index is 0.000000741. The van der Waals surface area contributed by atoms with Gasteiger partial charge in [-0.05, 0) is 12.1 Å². The van der Waals surface area contributed by atoms with E-state index in [2.05, 4.69) is 13.2 Å². The highest BCUT2D eigenvalue weighted by molar-refractivity contribution is 7.96. The molecule has 1 aromatic carbocycles. The summed E-state index contributed by atoms with van der Waals surface area (Å²) in [5.74, 6) is 0. The monoisotopic (exact) mass is 278 g/mol. The van der Waals surface area contributed by atoms with Gasteiger partial charge in [0.25, 0.3) is 0 Å². The van der Waals surface area contributed by atoms with Gasteiger partial charge in [0.2, 0.25) is 9.84 Å². The maximum Gasteiger partial charge on any atom is 0.207 e. The molecule has 0 saturated carbocycles. The molecule has 1 aromatic rings. The Kier molecular flexibility index (Phi) is 7.09. The molecular weight excluding hydrogens is 256 g/mol. The van der Waals surface area contributed by atoms with Crippen LogP contribution in [0.2, 0.25) is 0 Å². The van der Waals surface area contributed by atoms with E-state index in [-0.39, 0.29) is 4.91 Å². The lowest BCUT2D eigenvalue weighted by Gasteiger charge is -1.97. The van der Waals surface area contributed by atoms with Crippen LogP contribution in [0, 0.1) is 0 Å². The molecule has 19 heavy (non-hydrogen) atoms. The molecule has 3 heteroatoms. The van der Waals surface area contributed by atoms with Crippen LogP contribution in [-0.4, -0.2) is 8.42 Å². The van der Waals surface area contributed by atoms with Gasteiger partial charge >= 0.3 is 0 Å². The number of rotatable bonds is 2. The first-order valence-electron chi connectivity index (χ1n) is 6.46. The van der Waals surface area contributed by atoms with E-state index in [1.54, 1.807) is 24.3 Å². The van der Waals surface area contributed by atoms with Gasteiger partial charge in [-0.3, -0.25) is 0 Å². The summed E-state index contributed by atoms with van der Waals surface area (Å²) in [6.07, 6.45) is 2.92. The molecule has 2 nitrogen and oxygen atoms in total. The van der Waals surface area contributed by atoms with Crippen LogP contribution in [0.25, 0.3) is 5.57 Å². The van der Waals surface area contributed by atoms with Crippen LogP contribution in [0.5, 0.6) is 0 Å². The summed E-state index contributed by atoms with van der Waals surface area (Å²) < 4.78 is 24.0. The molecule has 0 fully saturated rings. The molecule has 0 aromatic heterocycles. The molecule has 0 radical (unpaired) electrons. The second kappa shape index (κ2) is 7.74. The van der Waals surface area contributed by atoms with Crippen molar-refractivity contribution >= 4 is 15.4 Å². The number of benzene rings is 1. The smallest absolute Gasteiger partial charge is 0.207 e. The number of hydrogen-bond donors (Lipinski definition) is 0. The van der Waals surface area contributed by atoms with Crippen molar-refractivity contribution in [3.63, 3.8) is 0 Å². The van der Waals surface area contributed by atoms with Crippen LogP contribution < -0.4 is 0 Å². The number of allylic oxidation sites excluding steroid dienone is 3. The van der Waals surface area contributed by atoms with Gasteiger partial charge in [0, 0.05) is 11.1 Å². The summed E-state index contributed by atoms with van der Waals surface area (Å²) in [5, 5.41) is 0. The average molecular weight is 278 g/mol. The molecule has 0 bridgehead atoms. The highest BCUT2D eigenvalue weighted by Crippen LogP contribution is 2.39. The van der Waals surface area contributed by atoms with Crippen molar-refractivity contribution in [2.24, 2.45) is 0 Å². The van der Waals surface area contributed by atoms with E-state index in [9.17, 15) is 8.42 Å². The lowest BCUT2D eigenvalue weighted by Crippen LogP contribution is -1.97. The average Bonchev–Trinajstić information content (AvgIpc) is 2.70. The van der Waals surface area contributed by atoms with Crippen LogP contribution in [0.15, 0.2) is 59.4 Å². The first-order chi connectivity index (χ1) is 9.12. The van der Waals surface area contributed by atoms with Crippen LogP contribution in [-0.2, 0) is 9.84 Å². The third kappa shape index (κ3) is 3.04. The van der Waals surface area contributed by atoms with E-state index in [1.165, 1.54) is 6.08 Å². The molecule has 0 N–H and O–H groups in total. The first-order valence-corrected chi connectivity index (χ1v) is 7.95. The summed E-state index contributed by atoms with van der Waals surface area (Å²) in [6, 6.07) is 6.90. The van der Waals surface area contributed by atoms with E-state index in [0.29, 0.717) is 16.0 Å². The third-order valence-electron chi connectivity index (χ3n) is 2.41. The summed E-state index contributed by atoms with van der Waals surface area (Å²) in [6.45, 7) is 15.2. The fraction of sp³-hybridized carbons (Fsp3) is 0.250. The summed E-state index contributed by atoms with van der Waals surface area (Å²) >= 11 is 0. The zero-order valence-electron chi connectivity index (χ0n) is 12.1. The van der Waals surface area contributed by atoms with Crippen LogP contribution in [0.1, 0.15) is 33.3 Å². The van der Waals surface area contributed by atoms with Crippen LogP contribution in [0.4, 0.5) is 0 Å². The Morgan fingerprint density at radius 1 is 0.947 bits per heavy atom. The fourth-order valence-electron chi connectivity index (χ4n) is 1.75. The number of sulfone groups is 1. The zero-order valence-corrected chi connectivity index (χ0v) is 12.9. The Hall–Kier alpha value is -1.61. The molecule has 0 saturated heterocycles. The first kappa shape index (κ1) is 17.4. The van der Waals surface area contributed by atoms with Crippen molar-refractivity contribution in [3.8, 4) is 0 Å².